The Balaban J connectivity index is 2.57. The fourth-order valence-electron chi connectivity index (χ4n) is 1.46. The van der Waals surface area contributed by atoms with E-state index in [-0.39, 0.29) is 24.2 Å². The molecule has 0 saturated heterocycles. The predicted octanol–water partition coefficient (Wildman–Crippen LogP) is 1.57. The Bertz CT molecular complexity index is 418. The van der Waals surface area contributed by atoms with Crippen LogP contribution in [0.15, 0.2) is 17.2 Å². The lowest BCUT2D eigenvalue weighted by Gasteiger charge is -2.05. The minimum absolute atomic E-state index is 0.0116. The zero-order chi connectivity index (χ0) is 12.8. The molecular weight excluding hydrogens is 220 g/mol. The molecule has 0 atom stereocenters. The van der Waals surface area contributed by atoms with Gasteiger partial charge < -0.3 is 4.74 Å². The molecule has 0 saturated carbocycles. The molecule has 0 aliphatic carbocycles. The molecule has 0 spiro atoms. The summed E-state index contributed by atoms with van der Waals surface area (Å²) in [6.45, 7) is 6.29. The average Bonchev–Trinajstić information content (AvgIpc) is 2.61. The lowest BCUT2D eigenvalue weighted by Crippen LogP contribution is -2.28. The number of carbonyl (C=O) groups excluding carboxylic acids is 1. The summed E-state index contributed by atoms with van der Waals surface area (Å²) in [5.41, 5.74) is -0.174. The number of unbranched alkanes of at least 4 members (excludes halogenated alkanes) is 1. The van der Waals surface area contributed by atoms with E-state index in [9.17, 15) is 9.59 Å². The Kier molecular flexibility index (Phi) is 5.00. The van der Waals surface area contributed by atoms with Crippen molar-refractivity contribution in [2.45, 2.75) is 46.2 Å². The van der Waals surface area contributed by atoms with Crippen LogP contribution in [0.2, 0.25) is 0 Å². The number of aromatic nitrogens is 2. The van der Waals surface area contributed by atoms with Crippen LogP contribution in [0, 0.1) is 0 Å². The summed E-state index contributed by atoms with van der Waals surface area (Å²) < 4.78 is 7.96. The molecule has 0 amide bonds. The van der Waals surface area contributed by atoms with Gasteiger partial charge in [-0.25, -0.2) is 4.79 Å². The molecule has 0 bridgehead atoms. The Morgan fingerprint density at radius 1 is 1.41 bits per heavy atom. The van der Waals surface area contributed by atoms with Gasteiger partial charge in [0.1, 0.15) is 6.54 Å². The molecule has 1 rings (SSSR count). The van der Waals surface area contributed by atoms with Gasteiger partial charge in [-0.2, -0.15) is 0 Å². The van der Waals surface area contributed by atoms with E-state index < -0.39 is 0 Å². The van der Waals surface area contributed by atoms with Gasteiger partial charge in [0.25, 0.3) is 0 Å². The van der Waals surface area contributed by atoms with Crippen LogP contribution in [-0.2, 0) is 16.1 Å². The molecule has 1 aromatic heterocycles. The fourth-order valence-corrected chi connectivity index (χ4v) is 1.46. The van der Waals surface area contributed by atoms with E-state index in [0.717, 1.165) is 12.8 Å². The lowest BCUT2D eigenvalue weighted by atomic mass is 10.4. The van der Waals surface area contributed by atoms with E-state index in [4.69, 9.17) is 4.74 Å². The summed E-state index contributed by atoms with van der Waals surface area (Å²) >= 11 is 0. The smallest absolute Gasteiger partial charge is 0.328 e. The highest BCUT2D eigenvalue weighted by Gasteiger charge is 2.10. The van der Waals surface area contributed by atoms with E-state index in [1.807, 2.05) is 20.8 Å². The molecule has 17 heavy (non-hydrogen) atoms. The second-order valence-corrected chi connectivity index (χ2v) is 4.28. The lowest BCUT2D eigenvalue weighted by molar-refractivity contribution is -0.144. The first kappa shape index (κ1) is 13.5. The number of hydrogen-bond donors (Lipinski definition) is 0. The van der Waals surface area contributed by atoms with Crippen LogP contribution < -0.4 is 5.69 Å². The average molecular weight is 240 g/mol. The first-order valence-corrected chi connectivity index (χ1v) is 5.99. The third-order valence-corrected chi connectivity index (χ3v) is 2.49. The summed E-state index contributed by atoms with van der Waals surface area (Å²) in [4.78, 5) is 23.2. The number of nitrogens with zero attached hydrogens (tertiary/aromatic N) is 2. The number of ether oxygens (including phenoxy) is 1. The van der Waals surface area contributed by atoms with Gasteiger partial charge in [0.2, 0.25) is 0 Å². The normalized spacial score (nSPS) is 10.8. The first-order chi connectivity index (χ1) is 8.06. The van der Waals surface area contributed by atoms with Gasteiger partial charge in [-0.15, -0.1) is 0 Å². The minimum atomic E-state index is -0.359. The second-order valence-electron chi connectivity index (χ2n) is 4.28. The van der Waals surface area contributed by atoms with Gasteiger partial charge in [0, 0.05) is 18.4 Å². The number of rotatable bonds is 6. The van der Waals surface area contributed by atoms with Gasteiger partial charge in [-0.05, 0) is 20.3 Å². The van der Waals surface area contributed by atoms with Crippen molar-refractivity contribution in [2.24, 2.45) is 0 Å². The van der Waals surface area contributed by atoms with Crippen LogP contribution in [0.3, 0.4) is 0 Å². The molecular formula is C12H20N2O3. The van der Waals surface area contributed by atoms with Gasteiger partial charge in [0.15, 0.2) is 0 Å². The van der Waals surface area contributed by atoms with E-state index in [2.05, 4.69) is 0 Å². The van der Waals surface area contributed by atoms with Crippen LogP contribution >= 0.6 is 0 Å². The van der Waals surface area contributed by atoms with Gasteiger partial charge in [-0.1, -0.05) is 13.3 Å². The highest BCUT2D eigenvalue weighted by Crippen LogP contribution is 1.99. The Labute approximate surface area is 101 Å². The summed E-state index contributed by atoms with van der Waals surface area (Å²) in [6.07, 6.45) is 5.14. The summed E-state index contributed by atoms with van der Waals surface area (Å²) in [6, 6.07) is 0.0971. The molecule has 1 aromatic rings. The molecule has 0 aliphatic rings. The van der Waals surface area contributed by atoms with E-state index in [1.165, 1.54) is 4.57 Å². The zero-order valence-electron chi connectivity index (χ0n) is 10.7. The van der Waals surface area contributed by atoms with Crippen molar-refractivity contribution in [2.75, 3.05) is 6.61 Å². The van der Waals surface area contributed by atoms with Crippen molar-refractivity contribution in [1.29, 1.82) is 0 Å². The summed E-state index contributed by atoms with van der Waals surface area (Å²) in [5.74, 6) is -0.359. The molecule has 0 unspecified atom stereocenters. The number of esters is 1. The Morgan fingerprint density at radius 3 is 2.65 bits per heavy atom. The van der Waals surface area contributed by atoms with Crippen molar-refractivity contribution in [3.8, 4) is 0 Å². The summed E-state index contributed by atoms with van der Waals surface area (Å²) in [7, 11) is 0. The molecule has 0 N–H and O–H groups in total. The fraction of sp³-hybridized carbons (Fsp3) is 0.667. The van der Waals surface area contributed by atoms with Gasteiger partial charge in [-0.3, -0.25) is 13.9 Å². The van der Waals surface area contributed by atoms with Crippen LogP contribution in [0.1, 0.15) is 39.7 Å². The van der Waals surface area contributed by atoms with Crippen molar-refractivity contribution in [3.63, 3.8) is 0 Å². The molecule has 0 fully saturated rings. The van der Waals surface area contributed by atoms with Crippen LogP contribution in [-0.4, -0.2) is 21.7 Å². The Hall–Kier alpha value is -1.52. The third-order valence-electron chi connectivity index (χ3n) is 2.49. The van der Waals surface area contributed by atoms with E-state index in [0.29, 0.717) is 6.61 Å². The molecule has 96 valence electrons. The van der Waals surface area contributed by atoms with Crippen LogP contribution in [0.4, 0.5) is 0 Å². The predicted molar refractivity (Wildman–Crippen MR) is 64.9 cm³/mol. The number of imidazole rings is 1. The molecule has 0 aliphatic heterocycles. The number of carbonyl (C=O) groups is 1. The largest absolute Gasteiger partial charge is 0.464 e. The molecule has 5 heteroatoms. The maximum absolute atomic E-state index is 11.8. The maximum atomic E-state index is 11.8. The Morgan fingerprint density at radius 2 is 2.12 bits per heavy atom. The third kappa shape index (κ3) is 3.76. The number of hydrogen-bond acceptors (Lipinski definition) is 3. The SMILES string of the molecule is CCCCOC(=O)Cn1ccn(C(C)C)c1=O. The van der Waals surface area contributed by atoms with Crippen molar-refractivity contribution in [1.82, 2.24) is 9.13 Å². The van der Waals surface area contributed by atoms with Crippen molar-refractivity contribution < 1.29 is 9.53 Å². The standard InChI is InChI=1S/C12H20N2O3/c1-4-5-8-17-11(15)9-13-6-7-14(10(2)3)12(13)16/h6-7,10H,4-5,8-9H2,1-3H3. The van der Waals surface area contributed by atoms with Crippen LogP contribution in [0.25, 0.3) is 0 Å². The van der Waals surface area contributed by atoms with Gasteiger partial charge >= 0.3 is 11.7 Å². The molecule has 1 heterocycles. The van der Waals surface area contributed by atoms with Gasteiger partial charge in [0.05, 0.1) is 6.61 Å². The maximum Gasteiger partial charge on any atom is 0.328 e. The molecule has 5 nitrogen and oxygen atoms in total. The topological polar surface area (TPSA) is 53.2 Å². The first-order valence-electron chi connectivity index (χ1n) is 5.99. The zero-order valence-corrected chi connectivity index (χ0v) is 10.7. The van der Waals surface area contributed by atoms with E-state index >= 15 is 0 Å². The van der Waals surface area contributed by atoms with Crippen molar-refractivity contribution in [3.05, 3.63) is 22.9 Å². The molecule has 0 aromatic carbocycles. The minimum Gasteiger partial charge on any atom is -0.464 e. The van der Waals surface area contributed by atoms with Crippen molar-refractivity contribution >= 4 is 5.97 Å². The quantitative estimate of drug-likeness (QED) is 0.560. The highest BCUT2D eigenvalue weighted by atomic mass is 16.5. The molecule has 0 radical (unpaired) electrons. The highest BCUT2D eigenvalue weighted by molar-refractivity contribution is 5.69. The van der Waals surface area contributed by atoms with Crippen LogP contribution in [0.5, 0.6) is 0 Å². The second kappa shape index (κ2) is 6.27. The van der Waals surface area contributed by atoms with E-state index in [1.54, 1.807) is 17.0 Å². The summed E-state index contributed by atoms with van der Waals surface area (Å²) in [5, 5.41) is 0. The monoisotopic (exact) mass is 240 g/mol.